The number of ether oxygens (including phenoxy) is 3. The maximum atomic E-state index is 14.1. The lowest BCUT2D eigenvalue weighted by Gasteiger charge is -2.73. The molecule has 0 radical (unpaired) electrons. The van der Waals surface area contributed by atoms with Crippen molar-refractivity contribution in [2.45, 2.75) is 204 Å². The van der Waals surface area contributed by atoms with Gasteiger partial charge in [0, 0.05) is 17.5 Å². The summed E-state index contributed by atoms with van der Waals surface area (Å²) in [7, 11) is 0. The minimum atomic E-state index is -0.502. The lowest BCUT2D eigenvalue weighted by molar-refractivity contribution is -0.250. The summed E-state index contributed by atoms with van der Waals surface area (Å²) in [6.07, 6.45) is 15.7. The van der Waals surface area contributed by atoms with Crippen LogP contribution >= 0.6 is 0 Å². The van der Waals surface area contributed by atoms with Crippen LogP contribution in [0.25, 0.3) is 0 Å². The molecule has 0 aromatic heterocycles. The Hall–Kier alpha value is -2.41. The molecule has 1 N–H and O–H groups in total. The largest absolute Gasteiger partial charge is 0.462 e. The summed E-state index contributed by atoms with van der Waals surface area (Å²) in [5, 5.41) is 4.32. The van der Waals surface area contributed by atoms with Crippen LogP contribution in [0.3, 0.4) is 0 Å². The standard InChI is InChI=1S/C55H85NO6/c1-47(2,3)62-43(57)32-48(4,5)34-56-55-26-21-36(51(10)27-28-51)44(55)37-19-20-41-52(11)24-23-42(50(8,9)40(52)22-25-54(41,13)53(37,12)29-30-55)61-46(59)39-31-38(49(39,6)7)45(58)60-33-35-17-15-14-16-18-35/h14-18,36-42,44,56H,19-34H2,1-13H3/t36-,37-,38+,39-,40+,41-,42+,44-,52+,53-,54-,55+/m1/s1. The summed E-state index contributed by atoms with van der Waals surface area (Å²) in [6, 6.07) is 9.79. The molecule has 12 atom stereocenters. The highest BCUT2D eigenvalue weighted by molar-refractivity contribution is 5.82. The second-order valence-corrected chi connectivity index (χ2v) is 26.5. The van der Waals surface area contributed by atoms with Crippen LogP contribution in [0.1, 0.15) is 185 Å². The van der Waals surface area contributed by atoms with Gasteiger partial charge < -0.3 is 19.5 Å². The summed E-state index contributed by atoms with van der Waals surface area (Å²) >= 11 is 0. The van der Waals surface area contributed by atoms with E-state index >= 15 is 0 Å². The zero-order chi connectivity index (χ0) is 45.1. The Balaban J connectivity index is 0.956. The van der Waals surface area contributed by atoms with Crippen LogP contribution < -0.4 is 5.32 Å². The van der Waals surface area contributed by atoms with E-state index in [9.17, 15) is 14.4 Å². The highest BCUT2D eigenvalue weighted by atomic mass is 16.6. The maximum Gasteiger partial charge on any atom is 0.309 e. The molecule has 7 heteroatoms. The molecule has 62 heavy (non-hydrogen) atoms. The number of carbonyl (C=O) groups is 3. The third-order valence-corrected chi connectivity index (χ3v) is 20.6. The molecule has 0 bridgehead atoms. The minimum absolute atomic E-state index is 0.0931. The fourth-order valence-electron chi connectivity index (χ4n) is 16.5. The van der Waals surface area contributed by atoms with Crippen LogP contribution in [0.5, 0.6) is 0 Å². The first-order chi connectivity index (χ1) is 28.7. The van der Waals surface area contributed by atoms with Crippen LogP contribution in [0.15, 0.2) is 30.3 Å². The fraction of sp³-hybridized carbons (Fsp3) is 0.836. The predicted molar refractivity (Wildman–Crippen MR) is 246 cm³/mol. The number of carbonyl (C=O) groups excluding carboxylic acids is 3. The van der Waals surface area contributed by atoms with E-state index in [4.69, 9.17) is 14.2 Å². The molecule has 346 valence electrons. The van der Waals surface area contributed by atoms with Gasteiger partial charge >= 0.3 is 17.9 Å². The highest BCUT2D eigenvalue weighted by Gasteiger charge is 2.72. The van der Waals surface area contributed by atoms with Gasteiger partial charge in [-0.1, -0.05) is 99.6 Å². The van der Waals surface area contributed by atoms with E-state index in [1.54, 1.807) is 0 Å². The highest BCUT2D eigenvalue weighted by Crippen LogP contribution is 2.78. The monoisotopic (exact) mass is 856 g/mol. The van der Waals surface area contributed by atoms with Crippen molar-refractivity contribution in [3.05, 3.63) is 35.9 Å². The van der Waals surface area contributed by atoms with Crippen LogP contribution in [0, 0.1) is 79.3 Å². The Morgan fingerprint density at radius 2 is 1.35 bits per heavy atom. The molecule has 7 aliphatic carbocycles. The third-order valence-electron chi connectivity index (χ3n) is 20.6. The summed E-state index contributed by atoms with van der Waals surface area (Å²) < 4.78 is 18.2. The number of benzene rings is 1. The van der Waals surface area contributed by atoms with Gasteiger partial charge in [0.05, 0.1) is 18.3 Å². The van der Waals surface area contributed by atoms with Crippen molar-refractivity contribution >= 4 is 17.9 Å². The lowest BCUT2D eigenvalue weighted by atomic mass is 9.32. The smallest absolute Gasteiger partial charge is 0.309 e. The van der Waals surface area contributed by atoms with Crippen LogP contribution in [0.4, 0.5) is 0 Å². The molecule has 0 unspecified atom stereocenters. The molecule has 0 spiro atoms. The van der Waals surface area contributed by atoms with Crippen molar-refractivity contribution < 1.29 is 28.6 Å². The van der Waals surface area contributed by atoms with Gasteiger partial charge in [-0.25, -0.2) is 0 Å². The second-order valence-electron chi connectivity index (χ2n) is 26.5. The summed E-state index contributed by atoms with van der Waals surface area (Å²) in [5.41, 5.74) is 0.986. The third kappa shape index (κ3) is 7.62. The van der Waals surface area contributed by atoms with Crippen molar-refractivity contribution in [2.24, 2.45) is 79.3 Å². The fourth-order valence-corrected chi connectivity index (χ4v) is 16.5. The van der Waals surface area contributed by atoms with Crippen LogP contribution in [-0.4, -0.2) is 41.7 Å². The summed E-state index contributed by atoms with van der Waals surface area (Å²) in [6.45, 7) is 31.1. The average Bonchev–Trinajstić information content (AvgIpc) is 3.79. The van der Waals surface area contributed by atoms with Crippen molar-refractivity contribution in [3.8, 4) is 0 Å². The first-order valence-electron chi connectivity index (χ1n) is 25.1. The Kier molecular flexibility index (Phi) is 11.4. The van der Waals surface area contributed by atoms with Gasteiger partial charge in [-0.05, 0) is 172 Å². The number of hydrogen-bond acceptors (Lipinski definition) is 7. The van der Waals surface area contributed by atoms with Gasteiger partial charge in [0.15, 0.2) is 0 Å². The first kappa shape index (κ1) is 46.1. The van der Waals surface area contributed by atoms with E-state index in [1.807, 2.05) is 65.0 Å². The summed E-state index contributed by atoms with van der Waals surface area (Å²) in [4.78, 5) is 40.3. The Labute approximate surface area is 376 Å². The van der Waals surface area contributed by atoms with Crippen LogP contribution in [0.2, 0.25) is 0 Å². The molecule has 0 heterocycles. The van der Waals surface area contributed by atoms with E-state index in [-0.39, 0.29) is 75.1 Å². The molecule has 0 amide bonds. The number of nitrogens with one attached hydrogen (secondary N) is 1. The molecule has 1 aromatic carbocycles. The van der Waals surface area contributed by atoms with Gasteiger partial charge in [0.1, 0.15) is 18.3 Å². The molecule has 7 fully saturated rings. The predicted octanol–water partition coefficient (Wildman–Crippen LogP) is 12.3. The van der Waals surface area contributed by atoms with Gasteiger partial charge in [-0.3, -0.25) is 14.4 Å². The topological polar surface area (TPSA) is 90.9 Å². The SMILES string of the molecule is CC(C)(CN[C@]12CC[C@@H](C3(C)CC3)[C@@H]1[C@H]1CC[C@@H]3[C@@]4(C)CC[C@H](OC(=O)[C@H]5C[C@@H](C(=O)OCc6ccccc6)C5(C)C)C(C)(C)[C@@H]4CC[C@@]3(C)[C@]1(C)CC2)CC(=O)OC(C)(C)C. The summed E-state index contributed by atoms with van der Waals surface area (Å²) in [5.74, 6) is 2.22. The molecule has 7 aliphatic rings. The van der Waals surface area contributed by atoms with E-state index in [2.05, 4.69) is 60.7 Å². The van der Waals surface area contributed by atoms with Gasteiger partial charge in [-0.15, -0.1) is 0 Å². The van der Waals surface area contributed by atoms with Crippen molar-refractivity contribution in [1.29, 1.82) is 0 Å². The minimum Gasteiger partial charge on any atom is -0.462 e. The lowest BCUT2D eigenvalue weighted by Crippen LogP contribution is -2.69. The Morgan fingerprint density at radius 1 is 0.677 bits per heavy atom. The second kappa shape index (κ2) is 15.3. The quantitative estimate of drug-likeness (QED) is 0.175. The van der Waals surface area contributed by atoms with Gasteiger partial charge in [0.25, 0.3) is 0 Å². The van der Waals surface area contributed by atoms with Crippen molar-refractivity contribution in [2.75, 3.05) is 6.54 Å². The number of rotatable bonds is 11. The van der Waals surface area contributed by atoms with Crippen molar-refractivity contribution in [3.63, 3.8) is 0 Å². The van der Waals surface area contributed by atoms with E-state index in [1.165, 1.54) is 64.2 Å². The molecular weight excluding hydrogens is 771 g/mol. The van der Waals surface area contributed by atoms with Crippen molar-refractivity contribution in [1.82, 2.24) is 5.32 Å². The zero-order valence-electron chi connectivity index (χ0n) is 41.3. The van der Waals surface area contributed by atoms with Crippen LogP contribution in [-0.2, 0) is 35.2 Å². The molecule has 7 saturated carbocycles. The maximum absolute atomic E-state index is 14.1. The van der Waals surface area contributed by atoms with Gasteiger partial charge in [-0.2, -0.15) is 0 Å². The molecular formula is C55H85NO6. The normalized spacial score (nSPS) is 41.2. The molecule has 0 aliphatic heterocycles. The van der Waals surface area contributed by atoms with E-state index in [0.29, 0.717) is 41.9 Å². The first-order valence-corrected chi connectivity index (χ1v) is 25.1. The Morgan fingerprint density at radius 3 is 2.00 bits per heavy atom. The van der Waals surface area contributed by atoms with Gasteiger partial charge in [0.2, 0.25) is 0 Å². The number of fused-ring (bicyclic) bond motifs is 7. The number of hydrogen-bond donors (Lipinski definition) is 1. The zero-order valence-corrected chi connectivity index (χ0v) is 41.3. The van der Waals surface area contributed by atoms with E-state index in [0.717, 1.165) is 30.9 Å². The Bertz CT molecular complexity index is 1870. The van der Waals surface area contributed by atoms with E-state index < -0.39 is 11.0 Å². The molecule has 1 aromatic rings. The number of esters is 3. The molecule has 0 saturated heterocycles. The molecule has 7 nitrogen and oxygen atoms in total. The molecule has 8 rings (SSSR count). The average molecular weight is 856 g/mol.